The molecule has 0 saturated carbocycles. The summed E-state index contributed by atoms with van der Waals surface area (Å²) in [6, 6.07) is 16.7. The number of carbonyl (C=O) groups excluding carboxylic acids is 3. The van der Waals surface area contributed by atoms with Crippen LogP contribution in [0.4, 0.5) is 5.69 Å². The number of anilines is 1. The van der Waals surface area contributed by atoms with Crippen molar-refractivity contribution in [2.45, 2.75) is 31.3 Å². The van der Waals surface area contributed by atoms with Crippen LogP contribution in [0.25, 0.3) is 0 Å². The summed E-state index contributed by atoms with van der Waals surface area (Å²) in [5, 5.41) is 6.03. The molecular weight excluding hydrogens is 342 g/mol. The molecule has 3 amide bonds. The van der Waals surface area contributed by atoms with Gasteiger partial charge in [0, 0.05) is 24.6 Å². The number of nitrogens with one attached hydrogen (secondary N) is 2. The van der Waals surface area contributed by atoms with Crippen LogP contribution in [0.15, 0.2) is 54.6 Å². The lowest BCUT2D eigenvalue weighted by Gasteiger charge is -2.17. The Bertz CT molecular complexity index is 881. The minimum Gasteiger partial charge on any atom is -0.373 e. The molecule has 0 aliphatic carbocycles. The smallest absolute Gasteiger partial charge is 0.252 e. The highest BCUT2D eigenvalue weighted by Crippen LogP contribution is 2.27. The predicted octanol–water partition coefficient (Wildman–Crippen LogP) is 2.03. The van der Waals surface area contributed by atoms with Crippen molar-refractivity contribution in [3.05, 3.63) is 65.7 Å². The third-order valence-corrected chi connectivity index (χ3v) is 5.10. The van der Waals surface area contributed by atoms with E-state index in [2.05, 4.69) is 10.6 Å². The van der Waals surface area contributed by atoms with E-state index in [9.17, 15) is 14.4 Å². The third-order valence-electron chi connectivity index (χ3n) is 5.10. The van der Waals surface area contributed by atoms with Gasteiger partial charge in [0.05, 0.1) is 13.0 Å². The molecule has 2 atom stereocenters. The maximum absolute atomic E-state index is 12.7. The van der Waals surface area contributed by atoms with Crippen molar-refractivity contribution >= 4 is 23.4 Å². The van der Waals surface area contributed by atoms with E-state index in [1.165, 1.54) is 4.90 Å². The summed E-state index contributed by atoms with van der Waals surface area (Å²) in [7, 11) is 0. The van der Waals surface area contributed by atoms with Gasteiger partial charge in [-0.1, -0.05) is 42.5 Å². The summed E-state index contributed by atoms with van der Waals surface area (Å²) in [6.45, 7) is 0.931. The van der Waals surface area contributed by atoms with Gasteiger partial charge in [-0.05, 0) is 23.3 Å². The van der Waals surface area contributed by atoms with Gasteiger partial charge in [-0.3, -0.25) is 19.3 Å². The van der Waals surface area contributed by atoms with Crippen LogP contribution in [-0.4, -0.2) is 35.2 Å². The molecule has 0 bridgehead atoms. The minimum absolute atomic E-state index is 0.0616. The normalized spacial score (nSPS) is 22.2. The van der Waals surface area contributed by atoms with Gasteiger partial charge in [0.15, 0.2) is 0 Å². The molecule has 2 N–H and O–H groups in total. The highest BCUT2D eigenvalue weighted by molar-refractivity contribution is 6.06. The van der Waals surface area contributed by atoms with Crippen molar-refractivity contribution in [1.82, 2.24) is 10.2 Å². The molecule has 2 aliphatic rings. The molecule has 2 aliphatic heterocycles. The summed E-state index contributed by atoms with van der Waals surface area (Å²) in [4.78, 5) is 37.8. The van der Waals surface area contributed by atoms with E-state index in [1.54, 1.807) is 0 Å². The zero-order valence-corrected chi connectivity index (χ0v) is 14.9. The quantitative estimate of drug-likeness (QED) is 0.797. The minimum atomic E-state index is -0.556. The number of nitrogens with zero attached hydrogens (tertiary/aromatic N) is 1. The lowest BCUT2D eigenvalue weighted by Crippen LogP contribution is -2.34. The van der Waals surface area contributed by atoms with E-state index >= 15 is 0 Å². The van der Waals surface area contributed by atoms with Crippen LogP contribution in [0.5, 0.6) is 0 Å². The third kappa shape index (κ3) is 3.69. The average molecular weight is 363 g/mol. The molecule has 2 fully saturated rings. The number of carbonyl (C=O) groups is 3. The second-order valence-corrected chi connectivity index (χ2v) is 7.04. The van der Waals surface area contributed by atoms with Gasteiger partial charge < -0.3 is 10.6 Å². The number of hydrogen-bond donors (Lipinski definition) is 2. The lowest BCUT2D eigenvalue weighted by molar-refractivity contribution is -0.139. The van der Waals surface area contributed by atoms with Crippen LogP contribution in [0, 0.1) is 0 Å². The van der Waals surface area contributed by atoms with Gasteiger partial charge in [0.1, 0.15) is 6.04 Å². The topological polar surface area (TPSA) is 78.5 Å². The van der Waals surface area contributed by atoms with Crippen LogP contribution < -0.4 is 10.6 Å². The molecule has 2 saturated heterocycles. The van der Waals surface area contributed by atoms with Gasteiger partial charge in [-0.15, -0.1) is 0 Å². The molecule has 138 valence electrons. The van der Waals surface area contributed by atoms with Gasteiger partial charge in [0.2, 0.25) is 11.8 Å². The van der Waals surface area contributed by atoms with E-state index in [1.807, 2.05) is 54.6 Å². The Labute approximate surface area is 157 Å². The molecule has 2 aromatic carbocycles. The van der Waals surface area contributed by atoms with Crippen molar-refractivity contribution in [1.29, 1.82) is 0 Å². The second kappa shape index (κ2) is 7.23. The first kappa shape index (κ1) is 17.3. The maximum atomic E-state index is 12.7. The Morgan fingerprint density at radius 2 is 1.81 bits per heavy atom. The number of likely N-dealkylation sites (tertiary alicyclic amines) is 1. The Balaban J connectivity index is 1.45. The summed E-state index contributed by atoms with van der Waals surface area (Å²) >= 11 is 0. The van der Waals surface area contributed by atoms with Crippen molar-refractivity contribution in [3.8, 4) is 0 Å². The van der Waals surface area contributed by atoms with E-state index in [0.717, 1.165) is 16.8 Å². The first-order valence-electron chi connectivity index (χ1n) is 9.11. The van der Waals surface area contributed by atoms with Gasteiger partial charge >= 0.3 is 0 Å². The van der Waals surface area contributed by atoms with Crippen LogP contribution in [0.2, 0.25) is 0 Å². The Morgan fingerprint density at radius 1 is 1.00 bits per heavy atom. The van der Waals surface area contributed by atoms with Gasteiger partial charge in [-0.25, -0.2) is 0 Å². The number of rotatable bonds is 5. The molecule has 0 radical (unpaired) electrons. The lowest BCUT2D eigenvalue weighted by atomic mass is 9.98. The summed E-state index contributed by atoms with van der Waals surface area (Å²) in [5.41, 5.74) is 2.77. The molecule has 6 nitrogen and oxygen atoms in total. The zero-order valence-electron chi connectivity index (χ0n) is 14.9. The molecule has 6 heteroatoms. The first-order valence-corrected chi connectivity index (χ1v) is 9.11. The van der Waals surface area contributed by atoms with Crippen molar-refractivity contribution < 1.29 is 14.4 Å². The fourth-order valence-corrected chi connectivity index (χ4v) is 3.65. The fraction of sp³-hybridized carbons (Fsp3) is 0.286. The highest BCUT2D eigenvalue weighted by atomic mass is 16.2. The maximum Gasteiger partial charge on any atom is 0.252 e. The van der Waals surface area contributed by atoms with Gasteiger partial charge in [0.25, 0.3) is 5.91 Å². The monoisotopic (exact) mass is 363 g/mol. The SMILES string of the molecule is O=C1CC(c2cccc(NC3CC(=O)N(Cc4ccccc4)C3=O)c2)CN1. The fourth-order valence-electron chi connectivity index (χ4n) is 3.65. The number of amides is 3. The largest absolute Gasteiger partial charge is 0.373 e. The van der Waals surface area contributed by atoms with Crippen LogP contribution in [0.1, 0.15) is 29.9 Å². The molecule has 4 rings (SSSR count). The Kier molecular flexibility index (Phi) is 4.62. The van der Waals surface area contributed by atoms with E-state index in [4.69, 9.17) is 0 Å². The van der Waals surface area contributed by atoms with Crippen molar-refractivity contribution in [3.63, 3.8) is 0 Å². The molecule has 0 aromatic heterocycles. The number of benzene rings is 2. The Morgan fingerprint density at radius 3 is 2.56 bits per heavy atom. The summed E-state index contributed by atoms with van der Waals surface area (Å²) in [5.74, 6) is -0.156. The summed E-state index contributed by atoms with van der Waals surface area (Å²) in [6.07, 6.45) is 0.633. The van der Waals surface area contributed by atoms with Gasteiger partial charge in [-0.2, -0.15) is 0 Å². The molecule has 2 aromatic rings. The second-order valence-electron chi connectivity index (χ2n) is 7.04. The zero-order chi connectivity index (χ0) is 18.8. The molecule has 2 heterocycles. The number of imide groups is 1. The highest BCUT2D eigenvalue weighted by Gasteiger charge is 2.38. The van der Waals surface area contributed by atoms with E-state index < -0.39 is 6.04 Å². The standard InChI is InChI=1S/C21H21N3O3/c25-19-10-16(12-22-19)15-7-4-8-17(9-15)23-18-11-20(26)24(21(18)27)13-14-5-2-1-3-6-14/h1-9,16,18,23H,10-13H2,(H,22,25). The van der Waals surface area contributed by atoms with Crippen molar-refractivity contribution in [2.75, 3.05) is 11.9 Å². The van der Waals surface area contributed by atoms with E-state index in [-0.39, 0.29) is 30.1 Å². The van der Waals surface area contributed by atoms with E-state index in [0.29, 0.717) is 19.5 Å². The van der Waals surface area contributed by atoms with Crippen LogP contribution in [0.3, 0.4) is 0 Å². The molecule has 2 unspecified atom stereocenters. The predicted molar refractivity (Wildman–Crippen MR) is 101 cm³/mol. The number of hydrogen-bond acceptors (Lipinski definition) is 4. The van der Waals surface area contributed by atoms with Crippen LogP contribution in [-0.2, 0) is 20.9 Å². The Hall–Kier alpha value is -3.15. The summed E-state index contributed by atoms with van der Waals surface area (Å²) < 4.78 is 0. The van der Waals surface area contributed by atoms with Crippen molar-refractivity contribution in [2.24, 2.45) is 0 Å². The molecule has 27 heavy (non-hydrogen) atoms. The average Bonchev–Trinajstić information content (AvgIpc) is 3.22. The molecule has 0 spiro atoms. The van der Waals surface area contributed by atoms with Crippen LogP contribution >= 0.6 is 0 Å². The molecular formula is C21H21N3O3. The first-order chi connectivity index (χ1) is 13.1.